The lowest BCUT2D eigenvalue weighted by Crippen LogP contribution is -2.21. The van der Waals surface area contributed by atoms with Crippen LogP contribution in [0.15, 0.2) is 28.6 Å². The first-order chi connectivity index (χ1) is 8.04. The molecule has 0 saturated heterocycles. The van der Waals surface area contributed by atoms with Crippen molar-refractivity contribution < 1.29 is 8.78 Å². The van der Waals surface area contributed by atoms with Gasteiger partial charge in [-0.05, 0) is 12.1 Å². The number of guanidine groups is 1. The van der Waals surface area contributed by atoms with Crippen LogP contribution in [-0.4, -0.2) is 10.9 Å². The van der Waals surface area contributed by atoms with E-state index in [-0.39, 0.29) is 18.4 Å². The molecular weight excluding hydrogens is 282 g/mol. The molecule has 1 aromatic heterocycles. The van der Waals surface area contributed by atoms with Crippen LogP contribution in [0.2, 0.25) is 0 Å². The normalized spacial score (nSPS) is 9.67. The van der Waals surface area contributed by atoms with Crippen LogP contribution < -0.4 is 11.5 Å². The third kappa shape index (κ3) is 3.38. The first-order valence-corrected chi connectivity index (χ1v) is 5.44. The molecule has 0 spiro atoms. The van der Waals surface area contributed by atoms with Gasteiger partial charge in [-0.25, -0.2) is 13.8 Å². The number of nitrogens with zero attached hydrogens (tertiary/aromatic N) is 2. The Kier molecular flexibility index (Phi) is 4.57. The third-order valence-corrected chi connectivity index (χ3v) is 2.61. The molecule has 0 radical (unpaired) electrons. The summed E-state index contributed by atoms with van der Waals surface area (Å²) in [5.41, 5.74) is 11.2. The molecular formula is C10H9ClF2N4S. The van der Waals surface area contributed by atoms with E-state index in [1.165, 1.54) is 23.5 Å². The lowest BCUT2D eigenvalue weighted by atomic mass is 10.2. The number of hydrogen-bond acceptors (Lipinski definition) is 3. The molecule has 1 aromatic carbocycles. The van der Waals surface area contributed by atoms with Gasteiger partial charge in [0.25, 0.3) is 0 Å². The summed E-state index contributed by atoms with van der Waals surface area (Å²) in [6, 6.07) is 3.18. The topological polar surface area (TPSA) is 77.3 Å². The van der Waals surface area contributed by atoms with E-state index < -0.39 is 11.6 Å². The summed E-state index contributed by atoms with van der Waals surface area (Å²) in [4.78, 5) is 7.78. The van der Waals surface area contributed by atoms with Gasteiger partial charge in [0.2, 0.25) is 5.13 Å². The van der Waals surface area contributed by atoms with Gasteiger partial charge in [-0.2, -0.15) is 4.99 Å². The molecule has 8 heteroatoms. The number of aliphatic imine (C=N–C) groups is 1. The Hall–Kier alpha value is -1.73. The van der Waals surface area contributed by atoms with Crippen molar-refractivity contribution in [2.45, 2.75) is 0 Å². The van der Waals surface area contributed by atoms with Gasteiger partial charge in [-0.3, -0.25) is 0 Å². The highest BCUT2D eigenvalue weighted by Gasteiger charge is 2.07. The van der Waals surface area contributed by atoms with Crippen molar-refractivity contribution in [2.75, 3.05) is 0 Å². The predicted molar refractivity (Wildman–Crippen MR) is 70.2 cm³/mol. The Morgan fingerprint density at radius 1 is 1.17 bits per heavy atom. The fourth-order valence-electron chi connectivity index (χ4n) is 1.26. The highest BCUT2D eigenvalue weighted by Crippen LogP contribution is 2.27. The molecule has 0 atom stereocenters. The zero-order chi connectivity index (χ0) is 12.4. The lowest BCUT2D eigenvalue weighted by molar-refractivity contribution is 0.584. The van der Waals surface area contributed by atoms with E-state index in [0.717, 1.165) is 6.07 Å². The largest absolute Gasteiger partial charge is 0.370 e. The van der Waals surface area contributed by atoms with Gasteiger partial charge in [-0.1, -0.05) is 0 Å². The molecule has 0 aliphatic carbocycles. The summed E-state index contributed by atoms with van der Waals surface area (Å²) in [6.07, 6.45) is 0. The van der Waals surface area contributed by atoms with Crippen LogP contribution >= 0.6 is 23.7 Å². The summed E-state index contributed by atoms with van der Waals surface area (Å²) in [5.74, 6) is -1.43. The first-order valence-electron chi connectivity index (χ1n) is 4.56. The second-order valence-corrected chi connectivity index (χ2v) is 4.05. The van der Waals surface area contributed by atoms with Crippen LogP contribution in [0.5, 0.6) is 0 Å². The van der Waals surface area contributed by atoms with Gasteiger partial charge < -0.3 is 11.5 Å². The maximum absolute atomic E-state index is 13.0. The van der Waals surface area contributed by atoms with Crippen molar-refractivity contribution in [1.29, 1.82) is 0 Å². The summed E-state index contributed by atoms with van der Waals surface area (Å²) in [7, 11) is 0. The summed E-state index contributed by atoms with van der Waals surface area (Å²) >= 11 is 1.18. The van der Waals surface area contributed by atoms with Gasteiger partial charge in [0.1, 0.15) is 11.6 Å². The number of nitrogens with two attached hydrogens (primary N) is 2. The van der Waals surface area contributed by atoms with Gasteiger partial charge >= 0.3 is 0 Å². The molecule has 2 rings (SSSR count). The predicted octanol–water partition coefficient (Wildman–Crippen LogP) is 2.42. The quantitative estimate of drug-likeness (QED) is 0.658. The Balaban J connectivity index is 0.00000162. The lowest BCUT2D eigenvalue weighted by Gasteiger charge is -1.97. The summed E-state index contributed by atoms with van der Waals surface area (Å²) in [5, 5.41) is 1.96. The maximum atomic E-state index is 13.0. The van der Waals surface area contributed by atoms with Crippen LogP contribution in [0.3, 0.4) is 0 Å². The Bertz CT molecular complexity index is 561. The number of rotatable bonds is 2. The summed E-state index contributed by atoms with van der Waals surface area (Å²) < 4.78 is 26.0. The molecule has 0 bridgehead atoms. The second-order valence-electron chi connectivity index (χ2n) is 3.21. The smallest absolute Gasteiger partial charge is 0.212 e. The minimum absolute atomic E-state index is 0. The van der Waals surface area contributed by atoms with Gasteiger partial charge in [-0.15, -0.1) is 23.7 Å². The highest BCUT2D eigenvalue weighted by molar-refractivity contribution is 7.13. The fourth-order valence-corrected chi connectivity index (χ4v) is 1.98. The molecule has 18 heavy (non-hydrogen) atoms. The number of halogens is 3. The Morgan fingerprint density at radius 2 is 1.78 bits per heavy atom. The van der Waals surface area contributed by atoms with E-state index in [4.69, 9.17) is 11.5 Å². The zero-order valence-corrected chi connectivity index (χ0v) is 10.6. The maximum Gasteiger partial charge on any atom is 0.212 e. The molecule has 0 unspecified atom stereocenters. The molecule has 96 valence electrons. The van der Waals surface area contributed by atoms with Gasteiger partial charge in [0.15, 0.2) is 5.96 Å². The van der Waals surface area contributed by atoms with Crippen LogP contribution in [0.1, 0.15) is 0 Å². The van der Waals surface area contributed by atoms with Crippen molar-refractivity contribution in [3.05, 3.63) is 35.2 Å². The standard InChI is InChI=1S/C10H8F2N4S.ClH/c11-6-1-5(2-7(12)3-6)8-4-17-10(15-8)16-9(13)14;/h1-4H,(H4,13,14,15,16);1H. The van der Waals surface area contributed by atoms with Crippen LogP contribution in [0, 0.1) is 11.6 Å². The van der Waals surface area contributed by atoms with Crippen LogP contribution in [0.4, 0.5) is 13.9 Å². The van der Waals surface area contributed by atoms with E-state index in [0.29, 0.717) is 16.4 Å². The average molecular weight is 291 g/mol. The number of aromatic nitrogens is 1. The third-order valence-electron chi connectivity index (χ3n) is 1.88. The Labute approximate surface area is 112 Å². The minimum atomic E-state index is -0.656. The van der Waals surface area contributed by atoms with Crippen LogP contribution in [-0.2, 0) is 0 Å². The SMILES string of the molecule is Cl.NC(N)=Nc1nc(-c2cc(F)cc(F)c2)cs1. The molecule has 4 N–H and O–H groups in total. The second kappa shape index (κ2) is 5.74. The molecule has 0 fully saturated rings. The van der Waals surface area contributed by atoms with Crippen molar-refractivity contribution in [3.8, 4) is 11.3 Å². The van der Waals surface area contributed by atoms with Crippen molar-refractivity contribution in [1.82, 2.24) is 4.98 Å². The highest BCUT2D eigenvalue weighted by atomic mass is 35.5. The molecule has 2 aromatic rings. The Morgan fingerprint density at radius 3 is 2.33 bits per heavy atom. The van der Waals surface area contributed by atoms with E-state index in [9.17, 15) is 8.78 Å². The number of thiazole rings is 1. The van der Waals surface area contributed by atoms with Gasteiger partial charge in [0, 0.05) is 17.0 Å². The zero-order valence-electron chi connectivity index (χ0n) is 8.93. The van der Waals surface area contributed by atoms with E-state index in [1.807, 2.05) is 0 Å². The number of benzene rings is 1. The fraction of sp³-hybridized carbons (Fsp3) is 0. The van der Waals surface area contributed by atoms with Crippen LogP contribution in [0.25, 0.3) is 11.3 Å². The first kappa shape index (κ1) is 14.3. The molecule has 4 nitrogen and oxygen atoms in total. The molecule has 0 amide bonds. The van der Waals surface area contributed by atoms with E-state index >= 15 is 0 Å². The molecule has 0 saturated carbocycles. The van der Waals surface area contributed by atoms with Gasteiger partial charge in [0.05, 0.1) is 5.69 Å². The monoisotopic (exact) mass is 290 g/mol. The van der Waals surface area contributed by atoms with E-state index in [1.54, 1.807) is 5.38 Å². The van der Waals surface area contributed by atoms with Crippen molar-refractivity contribution in [2.24, 2.45) is 16.5 Å². The van der Waals surface area contributed by atoms with Crippen molar-refractivity contribution >= 4 is 34.8 Å². The number of hydrogen-bond donors (Lipinski definition) is 2. The molecule has 0 aliphatic rings. The molecule has 0 aliphatic heterocycles. The average Bonchev–Trinajstić information content (AvgIpc) is 2.63. The van der Waals surface area contributed by atoms with Crippen molar-refractivity contribution in [3.63, 3.8) is 0 Å². The molecule has 1 heterocycles. The minimum Gasteiger partial charge on any atom is -0.370 e. The van der Waals surface area contributed by atoms with E-state index in [2.05, 4.69) is 9.98 Å². The summed E-state index contributed by atoms with van der Waals surface area (Å²) in [6.45, 7) is 0.